The molecule has 4 heteroatoms. The fraction of sp³-hybridized carbons (Fsp3) is 0.333. The smallest absolute Gasteiger partial charge is 0.157 e. The van der Waals surface area contributed by atoms with Gasteiger partial charge >= 0.3 is 0 Å². The van der Waals surface area contributed by atoms with Gasteiger partial charge in [0.2, 0.25) is 0 Å². The van der Waals surface area contributed by atoms with Crippen LogP contribution in [-0.2, 0) is 6.42 Å². The molecule has 0 spiro atoms. The zero-order valence-electron chi connectivity index (χ0n) is 12.9. The Bertz CT molecular complexity index is 715. The van der Waals surface area contributed by atoms with Crippen LogP contribution in [0.25, 0.3) is 0 Å². The minimum Gasteiger partial charge on any atom is -0.353 e. The Kier molecular flexibility index (Phi) is 3.39. The fourth-order valence-electron chi connectivity index (χ4n) is 3.19. The molecule has 0 radical (unpaired) electrons. The lowest BCUT2D eigenvalue weighted by molar-refractivity contribution is 0.216. The fourth-order valence-corrected chi connectivity index (χ4v) is 3.19. The topological polar surface area (TPSA) is 31.7 Å². The molecule has 0 N–H and O–H groups in total. The van der Waals surface area contributed by atoms with Gasteiger partial charge < -0.3 is 9.80 Å². The predicted molar refractivity (Wildman–Crippen MR) is 88.8 cm³/mol. The van der Waals surface area contributed by atoms with E-state index in [1.54, 1.807) is 0 Å². The van der Waals surface area contributed by atoms with E-state index in [1.165, 1.54) is 16.7 Å². The van der Waals surface area contributed by atoms with Gasteiger partial charge in [-0.25, -0.2) is 9.98 Å². The Balaban J connectivity index is 1.82. The highest BCUT2D eigenvalue weighted by molar-refractivity contribution is 6.02. The van der Waals surface area contributed by atoms with Gasteiger partial charge in [-0.05, 0) is 18.7 Å². The highest BCUT2D eigenvalue weighted by Gasteiger charge is 2.23. The monoisotopic (exact) mass is 292 g/mol. The molecule has 0 amide bonds. The van der Waals surface area contributed by atoms with Crippen LogP contribution in [0.5, 0.6) is 0 Å². The van der Waals surface area contributed by atoms with Crippen molar-refractivity contribution >= 4 is 11.7 Å². The standard InChI is InChI=1S/C18H20N4/c1-21-9-11-22(12-10-21)18-16-7-3-2-5-14(16)13-15-6-4-8-19-17(15)20-18/h2-8H,9-13H2,1H3. The van der Waals surface area contributed by atoms with Crippen molar-refractivity contribution in [2.45, 2.75) is 6.42 Å². The van der Waals surface area contributed by atoms with Crippen molar-refractivity contribution in [3.05, 3.63) is 59.3 Å². The third-order valence-corrected chi connectivity index (χ3v) is 4.52. The van der Waals surface area contributed by atoms with Crippen LogP contribution < -0.4 is 0 Å². The van der Waals surface area contributed by atoms with Crippen molar-refractivity contribution in [2.75, 3.05) is 33.2 Å². The second-order valence-corrected chi connectivity index (χ2v) is 6.05. The van der Waals surface area contributed by atoms with E-state index in [9.17, 15) is 0 Å². The summed E-state index contributed by atoms with van der Waals surface area (Å²) < 4.78 is 0. The summed E-state index contributed by atoms with van der Waals surface area (Å²) in [4.78, 5) is 14.2. The Morgan fingerprint density at radius 2 is 1.68 bits per heavy atom. The highest BCUT2D eigenvalue weighted by atomic mass is 15.3. The number of aromatic nitrogens is 1. The molecular weight excluding hydrogens is 272 g/mol. The molecule has 0 unspecified atom stereocenters. The van der Waals surface area contributed by atoms with Crippen molar-refractivity contribution in [1.29, 1.82) is 0 Å². The van der Waals surface area contributed by atoms with Crippen molar-refractivity contribution < 1.29 is 0 Å². The van der Waals surface area contributed by atoms with E-state index in [-0.39, 0.29) is 0 Å². The van der Waals surface area contributed by atoms with Crippen LogP contribution in [0.4, 0.5) is 5.82 Å². The van der Waals surface area contributed by atoms with Gasteiger partial charge in [0, 0.05) is 49.9 Å². The lowest BCUT2D eigenvalue weighted by Crippen LogP contribution is -2.47. The molecule has 0 aliphatic carbocycles. The Hall–Kier alpha value is -2.20. The van der Waals surface area contributed by atoms with Crippen LogP contribution in [0, 0.1) is 0 Å². The molecule has 2 aromatic rings. The second-order valence-electron chi connectivity index (χ2n) is 6.05. The first-order valence-electron chi connectivity index (χ1n) is 7.85. The number of amidine groups is 1. The van der Waals surface area contributed by atoms with Gasteiger partial charge in [-0.2, -0.15) is 0 Å². The molecule has 4 rings (SSSR count). The number of likely N-dealkylation sites (N-methyl/N-ethyl adjacent to an activating group) is 1. The SMILES string of the molecule is CN1CCN(C2=Nc3ncccc3Cc3ccccc32)CC1. The molecule has 1 saturated heterocycles. The van der Waals surface area contributed by atoms with Crippen LogP contribution in [0.2, 0.25) is 0 Å². The normalized spacial score (nSPS) is 18.2. The van der Waals surface area contributed by atoms with E-state index >= 15 is 0 Å². The first kappa shape index (κ1) is 13.5. The first-order valence-corrected chi connectivity index (χ1v) is 7.85. The van der Waals surface area contributed by atoms with Crippen molar-refractivity contribution in [1.82, 2.24) is 14.8 Å². The summed E-state index contributed by atoms with van der Waals surface area (Å²) in [6.07, 6.45) is 2.74. The predicted octanol–water partition coefficient (Wildman–Crippen LogP) is 2.31. The van der Waals surface area contributed by atoms with Crippen LogP contribution in [0.3, 0.4) is 0 Å². The number of nitrogens with zero attached hydrogens (tertiary/aromatic N) is 4. The van der Waals surface area contributed by atoms with E-state index in [2.05, 4.69) is 52.2 Å². The van der Waals surface area contributed by atoms with Crippen LogP contribution in [0.15, 0.2) is 47.6 Å². The highest BCUT2D eigenvalue weighted by Crippen LogP contribution is 2.28. The zero-order chi connectivity index (χ0) is 14.9. The lowest BCUT2D eigenvalue weighted by atomic mass is 10.00. The minimum atomic E-state index is 0.868. The quantitative estimate of drug-likeness (QED) is 0.747. The number of piperazine rings is 1. The Labute approximate surface area is 131 Å². The minimum absolute atomic E-state index is 0.868. The van der Waals surface area contributed by atoms with Gasteiger partial charge in [0.25, 0.3) is 0 Å². The van der Waals surface area contributed by atoms with Gasteiger partial charge in [0.05, 0.1) is 0 Å². The van der Waals surface area contributed by atoms with Gasteiger partial charge in [-0.3, -0.25) is 0 Å². The summed E-state index contributed by atoms with van der Waals surface area (Å²) in [5.74, 6) is 1.95. The number of aliphatic imine (C=N–C) groups is 1. The molecule has 0 saturated carbocycles. The van der Waals surface area contributed by atoms with Crippen molar-refractivity contribution in [2.24, 2.45) is 4.99 Å². The van der Waals surface area contributed by atoms with Gasteiger partial charge in [-0.15, -0.1) is 0 Å². The second kappa shape index (κ2) is 5.54. The first-order chi connectivity index (χ1) is 10.8. The third-order valence-electron chi connectivity index (χ3n) is 4.52. The molecule has 22 heavy (non-hydrogen) atoms. The maximum atomic E-state index is 4.94. The van der Waals surface area contributed by atoms with Gasteiger partial charge in [0.1, 0.15) is 5.84 Å². The van der Waals surface area contributed by atoms with Crippen LogP contribution >= 0.6 is 0 Å². The molecule has 0 atom stereocenters. The largest absolute Gasteiger partial charge is 0.353 e. The molecule has 1 aromatic carbocycles. The average Bonchev–Trinajstić information content (AvgIpc) is 2.72. The molecular formula is C18H20N4. The van der Waals surface area contributed by atoms with E-state index < -0.39 is 0 Å². The summed E-state index contributed by atoms with van der Waals surface area (Å²) in [7, 11) is 2.18. The summed E-state index contributed by atoms with van der Waals surface area (Å²) in [5, 5.41) is 0. The van der Waals surface area contributed by atoms with Crippen LogP contribution in [0.1, 0.15) is 16.7 Å². The maximum absolute atomic E-state index is 4.94. The average molecular weight is 292 g/mol. The zero-order valence-corrected chi connectivity index (χ0v) is 12.9. The van der Waals surface area contributed by atoms with E-state index in [1.807, 2.05) is 12.3 Å². The number of fused-ring (bicyclic) bond motifs is 2. The Morgan fingerprint density at radius 3 is 2.55 bits per heavy atom. The number of hydrogen-bond donors (Lipinski definition) is 0. The van der Waals surface area contributed by atoms with Crippen molar-refractivity contribution in [3.8, 4) is 0 Å². The number of pyridine rings is 1. The van der Waals surface area contributed by atoms with E-state index in [4.69, 9.17) is 4.99 Å². The maximum Gasteiger partial charge on any atom is 0.157 e. The molecule has 2 aliphatic rings. The molecule has 1 fully saturated rings. The van der Waals surface area contributed by atoms with Gasteiger partial charge in [0.15, 0.2) is 5.82 Å². The third kappa shape index (κ3) is 2.40. The molecule has 2 aliphatic heterocycles. The lowest BCUT2D eigenvalue weighted by Gasteiger charge is -2.34. The molecule has 3 heterocycles. The number of rotatable bonds is 0. The summed E-state index contributed by atoms with van der Waals surface area (Å²) in [6, 6.07) is 12.8. The number of hydrogen-bond acceptors (Lipinski definition) is 4. The summed E-state index contributed by atoms with van der Waals surface area (Å²) in [6.45, 7) is 4.20. The van der Waals surface area contributed by atoms with Gasteiger partial charge in [-0.1, -0.05) is 30.3 Å². The van der Waals surface area contributed by atoms with E-state index in [0.29, 0.717) is 0 Å². The molecule has 112 valence electrons. The Morgan fingerprint density at radius 1 is 0.909 bits per heavy atom. The summed E-state index contributed by atoms with van der Waals surface area (Å²) in [5.41, 5.74) is 3.80. The summed E-state index contributed by atoms with van der Waals surface area (Å²) >= 11 is 0. The molecule has 4 nitrogen and oxygen atoms in total. The molecule has 1 aromatic heterocycles. The number of benzene rings is 1. The van der Waals surface area contributed by atoms with Crippen molar-refractivity contribution in [3.63, 3.8) is 0 Å². The van der Waals surface area contributed by atoms with E-state index in [0.717, 1.165) is 44.3 Å². The van der Waals surface area contributed by atoms with Crippen LogP contribution in [-0.4, -0.2) is 53.8 Å². The molecule has 0 bridgehead atoms.